The molecule has 0 aliphatic carbocycles. The summed E-state index contributed by atoms with van der Waals surface area (Å²) in [5.74, 6) is -0.253. The second kappa shape index (κ2) is 6.02. The molecule has 0 aliphatic rings. The van der Waals surface area contributed by atoms with E-state index < -0.39 is 0 Å². The molecule has 0 aliphatic heterocycles. The van der Waals surface area contributed by atoms with Crippen LogP contribution < -0.4 is 10.9 Å². The summed E-state index contributed by atoms with van der Waals surface area (Å²) in [7, 11) is 1.55. The Morgan fingerprint density at radius 1 is 1.56 bits per heavy atom. The van der Waals surface area contributed by atoms with E-state index in [1.54, 1.807) is 20.1 Å². The Bertz CT molecular complexity index is 414. The molecule has 0 saturated carbocycles. The maximum Gasteiger partial charge on any atom is 0.267 e. The van der Waals surface area contributed by atoms with Crippen molar-refractivity contribution in [3.05, 3.63) is 28.2 Å². The molecule has 0 aromatic carbocycles. The number of nitrogens with one attached hydrogen (secondary N) is 1. The number of aryl methyl sites for hydroxylation is 1. The molecule has 6 nitrogen and oxygen atoms in total. The monoisotopic (exact) mass is 225 g/mol. The molecule has 0 atom stereocenters. The van der Waals surface area contributed by atoms with E-state index in [0.29, 0.717) is 18.8 Å². The molecule has 1 heterocycles. The summed E-state index contributed by atoms with van der Waals surface area (Å²) in [5, 5.41) is 6.57. The molecule has 16 heavy (non-hydrogen) atoms. The van der Waals surface area contributed by atoms with E-state index >= 15 is 0 Å². The third-order valence-electron chi connectivity index (χ3n) is 1.92. The van der Waals surface area contributed by atoms with Crippen molar-refractivity contribution in [2.24, 2.45) is 0 Å². The highest BCUT2D eigenvalue weighted by Crippen LogP contribution is 1.85. The Kier molecular flexibility index (Phi) is 4.65. The van der Waals surface area contributed by atoms with E-state index in [0.717, 1.165) is 4.68 Å². The van der Waals surface area contributed by atoms with Crippen LogP contribution in [0.15, 0.2) is 16.9 Å². The summed E-state index contributed by atoms with van der Waals surface area (Å²) >= 11 is 0. The molecule has 6 heteroatoms. The van der Waals surface area contributed by atoms with Crippen LogP contribution in [0.4, 0.5) is 0 Å². The van der Waals surface area contributed by atoms with Crippen LogP contribution in [0.2, 0.25) is 0 Å². The van der Waals surface area contributed by atoms with Crippen molar-refractivity contribution in [3.8, 4) is 0 Å². The first kappa shape index (κ1) is 12.4. The maximum atomic E-state index is 11.4. The first-order valence-corrected chi connectivity index (χ1v) is 4.94. The average molecular weight is 225 g/mol. The molecule has 1 N–H and O–H groups in total. The van der Waals surface area contributed by atoms with Gasteiger partial charge in [-0.2, -0.15) is 5.10 Å². The number of nitrogens with zero attached hydrogens (tertiary/aromatic N) is 2. The second-order valence-electron chi connectivity index (χ2n) is 3.31. The van der Waals surface area contributed by atoms with Gasteiger partial charge in [0.1, 0.15) is 6.54 Å². The van der Waals surface area contributed by atoms with Gasteiger partial charge in [0.2, 0.25) is 5.91 Å². The Balaban J connectivity index is 2.56. The van der Waals surface area contributed by atoms with Gasteiger partial charge in [0, 0.05) is 19.7 Å². The molecule has 1 aromatic heterocycles. The summed E-state index contributed by atoms with van der Waals surface area (Å²) < 4.78 is 5.92. The highest BCUT2D eigenvalue weighted by molar-refractivity contribution is 5.75. The van der Waals surface area contributed by atoms with Gasteiger partial charge in [-0.1, -0.05) is 0 Å². The highest BCUT2D eigenvalue weighted by Gasteiger charge is 2.04. The number of hydrogen-bond donors (Lipinski definition) is 1. The first-order valence-electron chi connectivity index (χ1n) is 4.94. The van der Waals surface area contributed by atoms with Crippen LogP contribution in [-0.4, -0.2) is 35.9 Å². The van der Waals surface area contributed by atoms with Gasteiger partial charge in [-0.05, 0) is 13.0 Å². The van der Waals surface area contributed by atoms with Gasteiger partial charge >= 0.3 is 0 Å². The fourth-order valence-corrected chi connectivity index (χ4v) is 1.15. The third kappa shape index (κ3) is 3.82. The van der Waals surface area contributed by atoms with Crippen molar-refractivity contribution < 1.29 is 9.53 Å². The zero-order valence-electron chi connectivity index (χ0n) is 9.40. The van der Waals surface area contributed by atoms with Crippen LogP contribution >= 0.6 is 0 Å². The highest BCUT2D eigenvalue weighted by atomic mass is 16.5. The van der Waals surface area contributed by atoms with Gasteiger partial charge in [0.05, 0.1) is 12.3 Å². The van der Waals surface area contributed by atoms with Crippen molar-refractivity contribution in [1.29, 1.82) is 0 Å². The molecule has 0 radical (unpaired) electrons. The Morgan fingerprint density at radius 3 is 3.00 bits per heavy atom. The smallest absolute Gasteiger partial charge is 0.267 e. The van der Waals surface area contributed by atoms with Crippen LogP contribution in [0.5, 0.6) is 0 Å². The zero-order valence-corrected chi connectivity index (χ0v) is 9.40. The largest absolute Gasteiger partial charge is 0.383 e. The molecular weight excluding hydrogens is 210 g/mol. The van der Waals surface area contributed by atoms with Gasteiger partial charge in [-0.15, -0.1) is 0 Å². The summed E-state index contributed by atoms with van der Waals surface area (Å²) in [6.45, 7) is 2.57. The van der Waals surface area contributed by atoms with Gasteiger partial charge < -0.3 is 10.1 Å². The Morgan fingerprint density at radius 2 is 2.31 bits per heavy atom. The number of carbonyl (C=O) groups excluding carboxylic acids is 1. The SMILES string of the molecule is COCCNC(=O)Cn1nc(C)ccc1=O. The topological polar surface area (TPSA) is 73.2 Å². The minimum atomic E-state index is -0.285. The molecule has 88 valence electrons. The summed E-state index contributed by atoms with van der Waals surface area (Å²) in [6, 6.07) is 3.01. The molecule has 0 saturated heterocycles. The maximum absolute atomic E-state index is 11.4. The predicted octanol–water partition coefficient (Wildman–Crippen LogP) is -0.686. The number of aromatic nitrogens is 2. The second-order valence-corrected chi connectivity index (χ2v) is 3.31. The molecule has 0 fully saturated rings. The number of methoxy groups -OCH3 is 1. The van der Waals surface area contributed by atoms with E-state index in [2.05, 4.69) is 10.4 Å². The molecule has 1 aromatic rings. The van der Waals surface area contributed by atoms with Crippen molar-refractivity contribution in [2.45, 2.75) is 13.5 Å². The fraction of sp³-hybridized carbons (Fsp3) is 0.500. The van der Waals surface area contributed by atoms with E-state index in [4.69, 9.17) is 4.74 Å². The fourth-order valence-electron chi connectivity index (χ4n) is 1.15. The van der Waals surface area contributed by atoms with Gasteiger partial charge in [0.25, 0.3) is 5.56 Å². The van der Waals surface area contributed by atoms with Crippen LogP contribution in [0, 0.1) is 6.92 Å². The van der Waals surface area contributed by atoms with Gasteiger partial charge in [-0.3, -0.25) is 9.59 Å². The van der Waals surface area contributed by atoms with Crippen LogP contribution in [0.3, 0.4) is 0 Å². The van der Waals surface area contributed by atoms with E-state index in [1.807, 2.05) is 0 Å². The van der Waals surface area contributed by atoms with Crippen LogP contribution in [0.25, 0.3) is 0 Å². The van der Waals surface area contributed by atoms with E-state index in [-0.39, 0.29) is 18.0 Å². The lowest BCUT2D eigenvalue weighted by molar-refractivity contribution is -0.122. The Labute approximate surface area is 93.2 Å². The normalized spacial score (nSPS) is 10.1. The number of hydrogen-bond acceptors (Lipinski definition) is 4. The lowest BCUT2D eigenvalue weighted by Gasteiger charge is -2.06. The molecular formula is C10H15N3O3. The Hall–Kier alpha value is -1.69. The molecule has 1 amide bonds. The van der Waals surface area contributed by atoms with Crippen molar-refractivity contribution in [2.75, 3.05) is 20.3 Å². The lowest BCUT2D eigenvalue weighted by Crippen LogP contribution is -2.35. The van der Waals surface area contributed by atoms with Gasteiger partial charge in [-0.25, -0.2) is 4.68 Å². The average Bonchev–Trinajstić information content (AvgIpc) is 2.24. The number of carbonyl (C=O) groups is 1. The van der Waals surface area contributed by atoms with E-state index in [1.165, 1.54) is 6.07 Å². The zero-order chi connectivity index (χ0) is 12.0. The summed E-state index contributed by atoms with van der Waals surface area (Å²) in [4.78, 5) is 22.7. The summed E-state index contributed by atoms with van der Waals surface area (Å²) in [6.07, 6.45) is 0. The predicted molar refractivity (Wildman–Crippen MR) is 58.1 cm³/mol. The molecule has 0 bridgehead atoms. The van der Waals surface area contributed by atoms with E-state index in [9.17, 15) is 9.59 Å². The summed E-state index contributed by atoms with van der Waals surface area (Å²) in [5.41, 5.74) is 0.414. The van der Waals surface area contributed by atoms with Crippen LogP contribution in [0.1, 0.15) is 5.69 Å². The minimum absolute atomic E-state index is 0.0653. The standard InChI is InChI=1S/C10H15N3O3/c1-8-3-4-10(15)13(12-8)7-9(14)11-5-6-16-2/h3-4H,5-7H2,1-2H3,(H,11,14). The van der Waals surface area contributed by atoms with Crippen molar-refractivity contribution >= 4 is 5.91 Å². The van der Waals surface area contributed by atoms with Gasteiger partial charge in [0.15, 0.2) is 0 Å². The van der Waals surface area contributed by atoms with Crippen molar-refractivity contribution in [1.82, 2.24) is 15.1 Å². The molecule has 1 rings (SSSR count). The number of ether oxygens (including phenoxy) is 1. The lowest BCUT2D eigenvalue weighted by atomic mass is 10.4. The number of rotatable bonds is 5. The quantitative estimate of drug-likeness (QED) is 0.673. The first-order chi connectivity index (χ1) is 7.63. The number of amides is 1. The minimum Gasteiger partial charge on any atom is -0.383 e. The molecule has 0 unspecified atom stereocenters. The van der Waals surface area contributed by atoms with Crippen LogP contribution in [-0.2, 0) is 16.1 Å². The van der Waals surface area contributed by atoms with Crippen molar-refractivity contribution in [3.63, 3.8) is 0 Å². The molecule has 0 spiro atoms. The third-order valence-corrected chi connectivity index (χ3v) is 1.92.